The molecular weight excluding hydrogens is 412 g/mol. The highest BCUT2D eigenvalue weighted by Gasteiger charge is 2.53. The molecule has 0 unspecified atom stereocenters. The van der Waals surface area contributed by atoms with E-state index in [0.29, 0.717) is 29.1 Å². The van der Waals surface area contributed by atoms with Gasteiger partial charge in [-0.15, -0.1) is 0 Å². The monoisotopic (exact) mass is 440 g/mol. The van der Waals surface area contributed by atoms with Crippen molar-refractivity contribution in [3.8, 4) is 5.75 Å². The van der Waals surface area contributed by atoms with Crippen LogP contribution in [-0.2, 0) is 21.0 Å². The average molecular weight is 441 g/mol. The Morgan fingerprint density at radius 3 is 2.10 bits per heavy atom. The molecule has 6 heteroatoms. The van der Waals surface area contributed by atoms with Crippen LogP contribution < -0.4 is 4.74 Å². The Balaban J connectivity index is 1.69. The summed E-state index contributed by atoms with van der Waals surface area (Å²) in [6.45, 7) is 0. The summed E-state index contributed by atoms with van der Waals surface area (Å²) in [5.74, 6) is 1.14. The van der Waals surface area contributed by atoms with Crippen molar-refractivity contribution in [2.75, 3.05) is 7.11 Å². The predicted octanol–water partition coefficient (Wildman–Crippen LogP) is 4.84. The minimum atomic E-state index is -3.71. The second-order valence-corrected chi connectivity index (χ2v) is 11.7. The number of benzene rings is 2. The normalized spacial score (nSPS) is 29.1. The van der Waals surface area contributed by atoms with E-state index in [-0.39, 0.29) is 21.6 Å². The molecule has 1 N–H and O–H groups in total. The van der Waals surface area contributed by atoms with Crippen molar-refractivity contribution in [3.63, 3.8) is 0 Å². The number of hydrogen-bond acceptors (Lipinski definition) is 4. The van der Waals surface area contributed by atoms with Gasteiger partial charge in [0.2, 0.25) is 0 Å². The Bertz CT molecular complexity index is 1080. The lowest BCUT2D eigenvalue weighted by atomic mass is 9.47. The first kappa shape index (κ1) is 20.6. The minimum Gasteiger partial charge on any atom is -0.496 e. The van der Waals surface area contributed by atoms with E-state index in [1.54, 1.807) is 43.5 Å². The van der Waals surface area contributed by atoms with E-state index >= 15 is 0 Å². The van der Waals surface area contributed by atoms with Crippen LogP contribution in [0.25, 0.3) is 0 Å². The van der Waals surface area contributed by atoms with E-state index in [4.69, 9.17) is 4.74 Å². The summed E-state index contributed by atoms with van der Waals surface area (Å²) < 4.78 is 32.4. The van der Waals surface area contributed by atoms with Crippen LogP contribution >= 0.6 is 0 Å². The largest absolute Gasteiger partial charge is 0.496 e. The van der Waals surface area contributed by atoms with Crippen LogP contribution in [-0.4, -0.2) is 26.6 Å². The third kappa shape index (κ3) is 3.45. The van der Waals surface area contributed by atoms with Crippen molar-refractivity contribution in [1.82, 2.24) is 0 Å². The van der Waals surface area contributed by atoms with Crippen molar-refractivity contribution in [1.29, 1.82) is 0 Å². The molecule has 4 saturated carbocycles. The summed E-state index contributed by atoms with van der Waals surface area (Å²) in [5.41, 5.74) is 1.14. The zero-order valence-electron chi connectivity index (χ0n) is 17.7. The van der Waals surface area contributed by atoms with Crippen molar-refractivity contribution in [2.45, 2.75) is 54.6 Å². The lowest BCUT2D eigenvalue weighted by molar-refractivity contribution is -0.00651. The van der Waals surface area contributed by atoms with Crippen molar-refractivity contribution < 1.29 is 23.1 Å². The number of carboxylic acids is 1. The van der Waals surface area contributed by atoms with Crippen LogP contribution in [0.4, 0.5) is 0 Å². The van der Waals surface area contributed by atoms with Gasteiger partial charge in [0.25, 0.3) is 0 Å². The molecule has 4 aliphatic carbocycles. The summed E-state index contributed by atoms with van der Waals surface area (Å²) in [6, 6.07) is 11.5. The number of rotatable bonds is 6. The molecule has 0 spiro atoms. The van der Waals surface area contributed by atoms with Gasteiger partial charge in [0, 0.05) is 11.0 Å². The van der Waals surface area contributed by atoms with Gasteiger partial charge in [-0.05, 0) is 86.1 Å². The quantitative estimate of drug-likeness (QED) is 0.695. The summed E-state index contributed by atoms with van der Waals surface area (Å²) in [5, 5.41) is 9.97. The first-order chi connectivity index (χ1) is 14.8. The lowest BCUT2D eigenvalue weighted by Gasteiger charge is -2.57. The fraction of sp³-hybridized carbons (Fsp3) is 0.480. The van der Waals surface area contributed by atoms with Gasteiger partial charge in [-0.1, -0.05) is 18.2 Å². The second-order valence-electron chi connectivity index (χ2n) is 9.74. The van der Waals surface area contributed by atoms with Crippen molar-refractivity contribution in [3.05, 3.63) is 59.2 Å². The SMILES string of the molecule is COc1ccc(C(=O)O)c(CS(=O)(=O)c2ccccc2)c1C12CC3CC(CC(C3)C1)C2. The van der Waals surface area contributed by atoms with Gasteiger partial charge in [0.15, 0.2) is 9.84 Å². The first-order valence-corrected chi connectivity index (χ1v) is 12.7. The fourth-order valence-electron chi connectivity index (χ4n) is 7.05. The number of aromatic carboxylic acids is 1. The zero-order valence-corrected chi connectivity index (χ0v) is 18.5. The molecule has 0 aromatic heterocycles. The molecule has 0 atom stereocenters. The molecule has 4 aliphatic rings. The number of carbonyl (C=O) groups is 1. The summed E-state index contributed by atoms with van der Waals surface area (Å²) in [7, 11) is -2.11. The van der Waals surface area contributed by atoms with Crippen LogP contribution in [0.3, 0.4) is 0 Å². The number of carboxylic acid groups (broad SMARTS) is 1. The van der Waals surface area contributed by atoms with Crippen molar-refractivity contribution >= 4 is 15.8 Å². The molecule has 31 heavy (non-hydrogen) atoms. The summed E-state index contributed by atoms with van der Waals surface area (Å²) >= 11 is 0. The number of sulfone groups is 1. The van der Waals surface area contributed by atoms with E-state index in [1.165, 1.54) is 25.3 Å². The van der Waals surface area contributed by atoms with E-state index in [9.17, 15) is 18.3 Å². The third-order valence-corrected chi connectivity index (χ3v) is 9.39. The van der Waals surface area contributed by atoms with Crippen LogP contribution in [0.15, 0.2) is 47.4 Å². The molecule has 2 aromatic carbocycles. The topological polar surface area (TPSA) is 80.7 Å². The zero-order chi connectivity index (χ0) is 21.8. The van der Waals surface area contributed by atoms with E-state index in [1.807, 2.05) is 0 Å². The number of methoxy groups -OCH3 is 1. The maximum absolute atomic E-state index is 13.3. The third-order valence-electron chi connectivity index (χ3n) is 7.73. The predicted molar refractivity (Wildman–Crippen MR) is 117 cm³/mol. The van der Waals surface area contributed by atoms with E-state index in [2.05, 4.69) is 0 Å². The summed E-state index contributed by atoms with van der Waals surface area (Å²) in [4.78, 5) is 12.4. The number of hydrogen-bond donors (Lipinski definition) is 1. The molecule has 164 valence electrons. The van der Waals surface area contributed by atoms with Gasteiger partial charge >= 0.3 is 5.97 Å². The molecule has 0 radical (unpaired) electrons. The molecule has 2 aromatic rings. The highest BCUT2D eigenvalue weighted by Crippen LogP contribution is 2.62. The highest BCUT2D eigenvalue weighted by atomic mass is 32.2. The van der Waals surface area contributed by atoms with Gasteiger partial charge in [-0.25, -0.2) is 13.2 Å². The maximum Gasteiger partial charge on any atom is 0.336 e. The lowest BCUT2D eigenvalue weighted by Crippen LogP contribution is -2.49. The number of ether oxygens (including phenoxy) is 1. The molecule has 0 amide bonds. The Morgan fingerprint density at radius 2 is 1.58 bits per heavy atom. The molecular formula is C25H28O5S. The van der Waals surface area contributed by atoms with E-state index in [0.717, 1.165) is 24.8 Å². The maximum atomic E-state index is 13.3. The van der Waals surface area contributed by atoms with E-state index < -0.39 is 15.8 Å². The molecule has 0 heterocycles. The Hall–Kier alpha value is -2.34. The second kappa shape index (κ2) is 7.37. The smallest absolute Gasteiger partial charge is 0.336 e. The van der Waals surface area contributed by atoms with Gasteiger partial charge in [-0.2, -0.15) is 0 Å². The van der Waals surface area contributed by atoms with Crippen LogP contribution in [0.5, 0.6) is 5.75 Å². The Morgan fingerprint density at radius 1 is 1.00 bits per heavy atom. The molecule has 5 nitrogen and oxygen atoms in total. The molecule has 4 fully saturated rings. The van der Waals surface area contributed by atoms with Gasteiger partial charge in [0.1, 0.15) is 5.75 Å². The Kier molecular flexibility index (Phi) is 4.88. The minimum absolute atomic E-state index is 0.0750. The van der Waals surface area contributed by atoms with Gasteiger partial charge < -0.3 is 9.84 Å². The van der Waals surface area contributed by atoms with Crippen LogP contribution in [0.2, 0.25) is 0 Å². The highest BCUT2D eigenvalue weighted by molar-refractivity contribution is 7.90. The average Bonchev–Trinajstić information content (AvgIpc) is 2.72. The first-order valence-electron chi connectivity index (χ1n) is 11.0. The van der Waals surface area contributed by atoms with Crippen molar-refractivity contribution in [2.24, 2.45) is 17.8 Å². The standard InChI is InChI=1S/C25H28O5S/c1-30-22-8-7-20(24(26)27)21(15-31(28,29)19-5-3-2-4-6-19)23(22)25-12-16-9-17(13-25)11-18(10-16)14-25/h2-8,16-18H,9-15H2,1H3,(H,26,27). The Labute approximate surface area is 183 Å². The molecule has 0 aliphatic heterocycles. The van der Waals surface area contributed by atoms with Crippen LogP contribution in [0, 0.1) is 17.8 Å². The van der Waals surface area contributed by atoms with Crippen LogP contribution in [0.1, 0.15) is 60.0 Å². The summed E-state index contributed by atoms with van der Waals surface area (Å²) in [6.07, 6.45) is 6.73. The molecule has 6 rings (SSSR count). The fourth-order valence-corrected chi connectivity index (χ4v) is 8.46. The molecule has 0 saturated heterocycles. The van der Waals surface area contributed by atoms with Gasteiger partial charge in [0.05, 0.1) is 23.3 Å². The van der Waals surface area contributed by atoms with Gasteiger partial charge in [-0.3, -0.25) is 0 Å². The molecule has 4 bridgehead atoms.